The largest absolute Gasteiger partial charge is 0.340 e. The van der Waals surface area contributed by atoms with Crippen molar-refractivity contribution in [2.75, 3.05) is 6.54 Å². The number of nitrogens with zero attached hydrogens (tertiary/aromatic N) is 1. The number of carbonyl (C=O) groups excluding carboxylic acids is 2. The summed E-state index contributed by atoms with van der Waals surface area (Å²) in [6.45, 7) is 6.33. The third kappa shape index (κ3) is 2.93. The highest BCUT2D eigenvalue weighted by Gasteiger charge is 2.43. The van der Waals surface area contributed by atoms with Gasteiger partial charge in [-0.3, -0.25) is 9.59 Å². The van der Waals surface area contributed by atoms with E-state index in [2.05, 4.69) is 12.2 Å². The Bertz CT molecular complexity index is 369. The fourth-order valence-electron chi connectivity index (χ4n) is 3.26. The quantitative estimate of drug-likeness (QED) is 0.778. The van der Waals surface area contributed by atoms with Gasteiger partial charge in [-0.15, -0.1) is 0 Å². The number of nitrogens with one attached hydrogen (secondary N) is 1. The average molecular weight is 266 g/mol. The first kappa shape index (κ1) is 14.4. The maximum Gasteiger partial charge on any atom is 0.248 e. The molecule has 1 saturated carbocycles. The molecule has 108 valence electrons. The van der Waals surface area contributed by atoms with Crippen molar-refractivity contribution in [3.8, 4) is 0 Å². The van der Waals surface area contributed by atoms with Crippen LogP contribution in [0.15, 0.2) is 0 Å². The zero-order chi connectivity index (χ0) is 14.0. The second-order valence-corrected chi connectivity index (χ2v) is 6.43. The predicted molar refractivity (Wildman–Crippen MR) is 74.6 cm³/mol. The van der Waals surface area contributed by atoms with Gasteiger partial charge in [0.05, 0.1) is 6.54 Å². The molecule has 2 fully saturated rings. The molecular weight excluding hydrogens is 240 g/mol. The van der Waals surface area contributed by atoms with Gasteiger partial charge in [0.25, 0.3) is 0 Å². The molecule has 0 bridgehead atoms. The van der Waals surface area contributed by atoms with Crippen molar-refractivity contribution in [1.82, 2.24) is 10.2 Å². The third-order valence-electron chi connectivity index (χ3n) is 4.84. The van der Waals surface area contributed by atoms with Crippen LogP contribution in [0, 0.1) is 5.92 Å². The highest BCUT2D eigenvalue weighted by atomic mass is 16.2. The van der Waals surface area contributed by atoms with Crippen LogP contribution >= 0.6 is 0 Å². The Hall–Kier alpha value is -1.06. The lowest BCUT2D eigenvalue weighted by Crippen LogP contribution is -2.66. The molecular formula is C15H26N2O2. The van der Waals surface area contributed by atoms with Crippen LogP contribution in [-0.4, -0.2) is 34.8 Å². The molecule has 1 aliphatic carbocycles. The fraction of sp³-hybridized carbons (Fsp3) is 0.867. The van der Waals surface area contributed by atoms with E-state index in [9.17, 15) is 9.59 Å². The van der Waals surface area contributed by atoms with E-state index < -0.39 is 5.54 Å². The Morgan fingerprint density at radius 1 is 1.26 bits per heavy atom. The fourth-order valence-corrected chi connectivity index (χ4v) is 3.26. The molecule has 1 aliphatic heterocycles. The van der Waals surface area contributed by atoms with Crippen molar-refractivity contribution in [3.05, 3.63) is 0 Å². The predicted octanol–water partition coefficient (Wildman–Crippen LogP) is 2.08. The summed E-state index contributed by atoms with van der Waals surface area (Å²) in [7, 11) is 0. The standard InChI is InChI=1S/C15H26N2O2/c1-4-15(3)14(19)17(10-13(18)16-15)12-7-5-6-11(2)8-9-12/h11-12H,4-10H2,1-3H3,(H,16,18). The maximum absolute atomic E-state index is 12.6. The van der Waals surface area contributed by atoms with Gasteiger partial charge < -0.3 is 10.2 Å². The SMILES string of the molecule is CCC1(C)NC(=O)CN(C2CCCC(C)CC2)C1=O. The van der Waals surface area contributed by atoms with Crippen LogP contribution < -0.4 is 5.32 Å². The van der Waals surface area contributed by atoms with Crippen LogP contribution in [0.2, 0.25) is 0 Å². The van der Waals surface area contributed by atoms with Crippen LogP contribution in [0.25, 0.3) is 0 Å². The Morgan fingerprint density at radius 3 is 2.68 bits per heavy atom. The maximum atomic E-state index is 12.6. The zero-order valence-corrected chi connectivity index (χ0v) is 12.4. The van der Waals surface area contributed by atoms with E-state index in [0.717, 1.165) is 18.8 Å². The second kappa shape index (κ2) is 5.51. The van der Waals surface area contributed by atoms with Gasteiger partial charge in [-0.1, -0.05) is 26.7 Å². The first-order valence-electron chi connectivity index (χ1n) is 7.58. The molecule has 3 atom stereocenters. The molecule has 0 aromatic rings. The molecule has 19 heavy (non-hydrogen) atoms. The number of piperazine rings is 1. The van der Waals surface area contributed by atoms with E-state index in [1.165, 1.54) is 19.3 Å². The number of rotatable bonds is 2. The van der Waals surface area contributed by atoms with E-state index in [-0.39, 0.29) is 24.4 Å². The summed E-state index contributed by atoms with van der Waals surface area (Å²) in [5.41, 5.74) is -0.701. The summed E-state index contributed by atoms with van der Waals surface area (Å²) in [6, 6.07) is 0.259. The minimum Gasteiger partial charge on any atom is -0.340 e. The van der Waals surface area contributed by atoms with Crippen molar-refractivity contribution in [2.45, 2.75) is 70.9 Å². The molecule has 0 aromatic heterocycles. The van der Waals surface area contributed by atoms with Crippen molar-refractivity contribution in [3.63, 3.8) is 0 Å². The van der Waals surface area contributed by atoms with Crippen LogP contribution in [-0.2, 0) is 9.59 Å². The Balaban J connectivity index is 2.13. The van der Waals surface area contributed by atoms with Crippen molar-refractivity contribution >= 4 is 11.8 Å². The van der Waals surface area contributed by atoms with E-state index in [1.54, 1.807) is 0 Å². The van der Waals surface area contributed by atoms with Crippen LogP contribution in [0.5, 0.6) is 0 Å². The molecule has 2 amide bonds. The number of carbonyl (C=O) groups is 2. The summed E-state index contributed by atoms with van der Waals surface area (Å²) < 4.78 is 0. The molecule has 4 heteroatoms. The molecule has 1 saturated heterocycles. The molecule has 4 nitrogen and oxygen atoms in total. The van der Waals surface area contributed by atoms with Gasteiger partial charge >= 0.3 is 0 Å². The molecule has 1 N–H and O–H groups in total. The first-order chi connectivity index (χ1) is 8.96. The highest BCUT2D eigenvalue weighted by molar-refractivity contribution is 5.97. The normalized spacial score (nSPS) is 36.9. The lowest BCUT2D eigenvalue weighted by atomic mass is 9.92. The minimum absolute atomic E-state index is 0.0127. The first-order valence-corrected chi connectivity index (χ1v) is 7.58. The van der Waals surface area contributed by atoms with Crippen molar-refractivity contribution in [2.24, 2.45) is 5.92 Å². The Labute approximate surface area is 115 Å². The van der Waals surface area contributed by atoms with E-state index in [4.69, 9.17) is 0 Å². The molecule has 2 aliphatic rings. The highest BCUT2D eigenvalue weighted by Crippen LogP contribution is 2.29. The lowest BCUT2D eigenvalue weighted by molar-refractivity contribution is -0.152. The summed E-state index contributed by atoms with van der Waals surface area (Å²) in [6.07, 6.45) is 6.31. The molecule has 0 aromatic carbocycles. The van der Waals surface area contributed by atoms with Gasteiger partial charge in [0, 0.05) is 6.04 Å². The van der Waals surface area contributed by atoms with Gasteiger partial charge in [0.2, 0.25) is 11.8 Å². The molecule has 0 spiro atoms. The Morgan fingerprint density at radius 2 is 2.00 bits per heavy atom. The van der Waals surface area contributed by atoms with Gasteiger partial charge in [0.1, 0.15) is 5.54 Å². The summed E-state index contributed by atoms with van der Waals surface area (Å²) >= 11 is 0. The van der Waals surface area contributed by atoms with Crippen molar-refractivity contribution < 1.29 is 9.59 Å². The van der Waals surface area contributed by atoms with Gasteiger partial charge in [-0.05, 0) is 38.5 Å². The zero-order valence-electron chi connectivity index (χ0n) is 12.4. The van der Waals surface area contributed by atoms with Gasteiger partial charge in [-0.25, -0.2) is 0 Å². The molecule has 1 heterocycles. The van der Waals surface area contributed by atoms with Crippen LogP contribution in [0.3, 0.4) is 0 Å². The molecule has 0 radical (unpaired) electrons. The molecule has 2 rings (SSSR count). The van der Waals surface area contributed by atoms with Crippen LogP contribution in [0.1, 0.15) is 59.3 Å². The number of hydrogen-bond acceptors (Lipinski definition) is 2. The summed E-state index contributed by atoms with van der Waals surface area (Å²) in [4.78, 5) is 26.4. The van der Waals surface area contributed by atoms with E-state index >= 15 is 0 Å². The van der Waals surface area contributed by atoms with Crippen LogP contribution in [0.4, 0.5) is 0 Å². The molecule has 3 unspecified atom stereocenters. The average Bonchev–Trinajstić information content (AvgIpc) is 2.59. The summed E-state index contributed by atoms with van der Waals surface area (Å²) in [5.74, 6) is 0.840. The number of amides is 2. The van der Waals surface area contributed by atoms with Gasteiger partial charge in [-0.2, -0.15) is 0 Å². The van der Waals surface area contributed by atoms with Gasteiger partial charge in [0.15, 0.2) is 0 Å². The van der Waals surface area contributed by atoms with E-state index in [0.29, 0.717) is 6.42 Å². The topological polar surface area (TPSA) is 49.4 Å². The Kier molecular flexibility index (Phi) is 4.16. The minimum atomic E-state index is -0.701. The smallest absolute Gasteiger partial charge is 0.248 e. The number of hydrogen-bond donors (Lipinski definition) is 1. The van der Waals surface area contributed by atoms with Crippen molar-refractivity contribution in [1.29, 1.82) is 0 Å². The second-order valence-electron chi connectivity index (χ2n) is 6.43. The third-order valence-corrected chi connectivity index (χ3v) is 4.84. The monoisotopic (exact) mass is 266 g/mol. The van der Waals surface area contributed by atoms with E-state index in [1.807, 2.05) is 18.7 Å². The lowest BCUT2D eigenvalue weighted by Gasteiger charge is -2.43. The summed E-state index contributed by atoms with van der Waals surface area (Å²) in [5, 5.41) is 2.86.